The van der Waals surface area contributed by atoms with Gasteiger partial charge in [0.25, 0.3) is 0 Å². The summed E-state index contributed by atoms with van der Waals surface area (Å²) in [6.07, 6.45) is 0. The van der Waals surface area contributed by atoms with Gasteiger partial charge in [-0.3, -0.25) is 10.1 Å². The summed E-state index contributed by atoms with van der Waals surface area (Å²) in [5, 5.41) is 6.89. The minimum absolute atomic E-state index is 0.0393. The lowest BCUT2D eigenvalue weighted by Crippen LogP contribution is -2.39. The number of halogens is 1. The van der Waals surface area contributed by atoms with E-state index in [9.17, 15) is 4.79 Å². The van der Waals surface area contributed by atoms with Gasteiger partial charge in [-0.05, 0) is 50.6 Å². The Hall–Kier alpha value is -1.84. The molecular formula is C18H21ClN2O. The number of hydrogen-bond donors (Lipinski definition) is 2. The Morgan fingerprint density at radius 1 is 1.09 bits per heavy atom. The van der Waals surface area contributed by atoms with Crippen LogP contribution in [0.25, 0.3) is 0 Å². The molecule has 1 amide bonds. The summed E-state index contributed by atoms with van der Waals surface area (Å²) in [6.45, 7) is 5.88. The first-order valence-electron chi connectivity index (χ1n) is 7.35. The second-order valence-electron chi connectivity index (χ2n) is 5.52. The first-order valence-corrected chi connectivity index (χ1v) is 7.72. The molecule has 0 aliphatic rings. The molecule has 2 aromatic rings. The molecule has 2 atom stereocenters. The molecule has 0 saturated heterocycles. The number of nitrogens with one attached hydrogen (secondary N) is 2. The van der Waals surface area contributed by atoms with Gasteiger partial charge < -0.3 is 5.32 Å². The highest BCUT2D eigenvalue weighted by molar-refractivity contribution is 6.30. The van der Waals surface area contributed by atoms with Crippen LogP contribution < -0.4 is 10.6 Å². The van der Waals surface area contributed by atoms with Crippen LogP contribution in [0, 0.1) is 6.92 Å². The maximum Gasteiger partial charge on any atom is 0.241 e. The quantitative estimate of drug-likeness (QED) is 0.862. The number of anilines is 1. The monoisotopic (exact) mass is 316 g/mol. The molecule has 0 unspecified atom stereocenters. The predicted octanol–water partition coefficient (Wildman–Crippen LogP) is 4.33. The average molecular weight is 317 g/mol. The van der Waals surface area contributed by atoms with E-state index in [4.69, 9.17) is 11.6 Å². The van der Waals surface area contributed by atoms with Crippen molar-refractivity contribution in [3.05, 3.63) is 64.7 Å². The van der Waals surface area contributed by atoms with Crippen LogP contribution in [0.1, 0.15) is 31.0 Å². The van der Waals surface area contributed by atoms with Gasteiger partial charge in [-0.15, -0.1) is 0 Å². The first kappa shape index (κ1) is 16.5. The topological polar surface area (TPSA) is 41.1 Å². The van der Waals surface area contributed by atoms with E-state index in [2.05, 4.69) is 10.6 Å². The van der Waals surface area contributed by atoms with Crippen LogP contribution in [-0.4, -0.2) is 11.9 Å². The van der Waals surface area contributed by atoms with Gasteiger partial charge in [-0.2, -0.15) is 0 Å². The lowest BCUT2D eigenvalue weighted by Gasteiger charge is -2.20. The van der Waals surface area contributed by atoms with Crippen molar-refractivity contribution in [1.29, 1.82) is 0 Å². The lowest BCUT2D eigenvalue weighted by molar-refractivity contribution is -0.117. The lowest BCUT2D eigenvalue weighted by atomic mass is 10.1. The molecule has 0 aliphatic heterocycles. The number of hydrogen-bond acceptors (Lipinski definition) is 2. The van der Waals surface area contributed by atoms with Gasteiger partial charge >= 0.3 is 0 Å². The molecule has 3 nitrogen and oxygen atoms in total. The molecule has 0 heterocycles. The highest BCUT2D eigenvalue weighted by atomic mass is 35.5. The third-order valence-electron chi connectivity index (χ3n) is 3.56. The van der Waals surface area contributed by atoms with Crippen LogP contribution in [0.3, 0.4) is 0 Å². The van der Waals surface area contributed by atoms with Crippen molar-refractivity contribution in [3.8, 4) is 0 Å². The molecule has 0 radical (unpaired) electrons. The normalized spacial score (nSPS) is 13.5. The zero-order chi connectivity index (χ0) is 16.1. The summed E-state index contributed by atoms with van der Waals surface area (Å²) in [7, 11) is 0. The van der Waals surface area contributed by atoms with Gasteiger partial charge in [0.05, 0.1) is 6.04 Å². The summed E-state index contributed by atoms with van der Waals surface area (Å²) in [6, 6.07) is 15.1. The van der Waals surface area contributed by atoms with E-state index in [0.29, 0.717) is 5.02 Å². The van der Waals surface area contributed by atoms with Crippen molar-refractivity contribution in [3.63, 3.8) is 0 Å². The number of carbonyl (C=O) groups is 1. The number of benzene rings is 2. The maximum atomic E-state index is 12.2. The van der Waals surface area contributed by atoms with Crippen LogP contribution >= 0.6 is 11.6 Å². The first-order chi connectivity index (χ1) is 10.5. The van der Waals surface area contributed by atoms with E-state index < -0.39 is 0 Å². The molecule has 0 spiro atoms. The molecule has 2 rings (SSSR count). The van der Waals surface area contributed by atoms with E-state index in [1.807, 2.05) is 69.3 Å². The smallest absolute Gasteiger partial charge is 0.241 e. The van der Waals surface area contributed by atoms with Gasteiger partial charge in [0, 0.05) is 16.8 Å². The molecule has 0 fully saturated rings. The van der Waals surface area contributed by atoms with Crippen molar-refractivity contribution < 1.29 is 4.79 Å². The summed E-state index contributed by atoms with van der Waals surface area (Å²) in [4.78, 5) is 12.2. The minimum Gasteiger partial charge on any atom is -0.325 e. The third kappa shape index (κ3) is 4.58. The highest BCUT2D eigenvalue weighted by Crippen LogP contribution is 2.18. The molecule has 2 N–H and O–H groups in total. The maximum absolute atomic E-state index is 12.2. The van der Waals surface area contributed by atoms with Gasteiger partial charge in [0.2, 0.25) is 5.91 Å². The van der Waals surface area contributed by atoms with E-state index in [1.54, 1.807) is 0 Å². The fraction of sp³-hybridized carbons (Fsp3) is 0.278. The van der Waals surface area contributed by atoms with Crippen molar-refractivity contribution in [2.75, 3.05) is 5.32 Å². The SMILES string of the molecule is Cc1ccc(NC(=O)[C@@H](C)N[C@@H](C)c2cccc(Cl)c2)cc1. The van der Waals surface area contributed by atoms with Crippen molar-refractivity contribution in [2.45, 2.75) is 32.9 Å². The van der Waals surface area contributed by atoms with Crippen LogP contribution in [0.5, 0.6) is 0 Å². The molecule has 0 aromatic heterocycles. The van der Waals surface area contributed by atoms with Gasteiger partial charge in [0.1, 0.15) is 0 Å². The number of rotatable bonds is 5. The molecule has 0 aliphatic carbocycles. The number of carbonyl (C=O) groups excluding carboxylic acids is 1. The summed E-state index contributed by atoms with van der Waals surface area (Å²) in [5.41, 5.74) is 3.03. The third-order valence-corrected chi connectivity index (χ3v) is 3.80. The minimum atomic E-state index is -0.310. The van der Waals surface area contributed by atoms with E-state index in [-0.39, 0.29) is 18.0 Å². The largest absolute Gasteiger partial charge is 0.325 e. The van der Waals surface area contributed by atoms with Crippen LogP contribution in [-0.2, 0) is 4.79 Å². The Labute approximate surface area is 136 Å². The highest BCUT2D eigenvalue weighted by Gasteiger charge is 2.16. The van der Waals surface area contributed by atoms with Crippen LogP contribution in [0.2, 0.25) is 5.02 Å². The molecule has 0 saturated carbocycles. The Bertz CT molecular complexity index is 640. The Morgan fingerprint density at radius 2 is 1.77 bits per heavy atom. The second-order valence-corrected chi connectivity index (χ2v) is 5.96. The van der Waals surface area contributed by atoms with Gasteiger partial charge in [0.15, 0.2) is 0 Å². The summed E-state index contributed by atoms with van der Waals surface area (Å²) < 4.78 is 0. The summed E-state index contributed by atoms with van der Waals surface area (Å²) in [5.74, 6) is -0.0577. The molecule has 116 valence electrons. The molecule has 22 heavy (non-hydrogen) atoms. The number of amides is 1. The zero-order valence-electron chi connectivity index (χ0n) is 13.1. The van der Waals surface area contributed by atoms with E-state index in [1.165, 1.54) is 5.56 Å². The van der Waals surface area contributed by atoms with Crippen LogP contribution in [0.4, 0.5) is 5.69 Å². The molecule has 4 heteroatoms. The predicted molar refractivity (Wildman–Crippen MR) is 92.3 cm³/mol. The molecular weight excluding hydrogens is 296 g/mol. The molecule has 2 aromatic carbocycles. The zero-order valence-corrected chi connectivity index (χ0v) is 13.8. The Morgan fingerprint density at radius 3 is 2.41 bits per heavy atom. The van der Waals surface area contributed by atoms with E-state index >= 15 is 0 Å². The fourth-order valence-electron chi connectivity index (χ4n) is 2.21. The van der Waals surface area contributed by atoms with Crippen molar-refractivity contribution in [1.82, 2.24) is 5.32 Å². The second kappa shape index (κ2) is 7.43. The fourth-order valence-corrected chi connectivity index (χ4v) is 2.41. The van der Waals surface area contributed by atoms with Crippen molar-refractivity contribution in [2.24, 2.45) is 0 Å². The van der Waals surface area contributed by atoms with Crippen molar-refractivity contribution >= 4 is 23.2 Å². The molecule has 0 bridgehead atoms. The van der Waals surface area contributed by atoms with Crippen LogP contribution in [0.15, 0.2) is 48.5 Å². The average Bonchev–Trinajstić information content (AvgIpc) is 2.49. The standard InChI is InChI=1S/C18H21ClN2O/c1-12-7-9-17(10-8-12)21-18(22)14(3)20-13(2)15-5-4-6-16(19)11-15/h4-11,13-14,20H,1-3H3,(H,21,22)/t13-,14+/m0/s1. The van der Waals surface area contributed by atoms with E-state index in [0.717, 1.165) is 11.3 Å². The van der Waals surface area contributed by atoms with Gasteiger partial charge in [-0.1, -0.05) is 41.4 Å². The Kier molecular flexibility index (Phi) is 5.58. The summed E-state index contributed by atoms with van der Waals surface area (Å²) >= 11 is 6.00. The Balaban J connectivity index is 1.94. The van der Waals surface area contributed by atoms with Gasteiger partial charge in [-0.25, -0.2) is 0 Å². The number of aryl methyl sites for hydroxylation is 1.